The van der Waals surface area contributed by atoms with Crippen molar-refractivity contribution in [3.63, 3.8) is 0 Å². The van der Waals surface area contributed by atoms with Crippen LogP contribution in [0.5, 0.6) is 0 Å². The number of aliphatic imine (C=N–C) groups is 1. The number of nitrogens with zero attached hydrogens (tertiary/aromatic N) is 6. The maximum atomic E-state index is 12.4. The number of carbonyl (C=O) groups excluding carboxylic acids is 1. The van der Waals surface area contributed by atoms with Crippen LogP contribution in [0.1, 0.15) is 50.7 Å². The Kier molecular flexibility index (Phi) is 11.9. The van der Waals surface area contributed by atoms with E-state index in [4.69, 9.17) is 0 Å². The van der Waals surface area contributed by atoms with Crippen molar-refractivity contribution in [3.05, 3.63) is 66.8 Å². The first-order chi connectivity index (χ1) is 16.9. The second-order valence-electron chi connectivity index (χ2n) is 8.60. The summed E-state index contributed by atoms with van der Waals surface area (Å²) in [6.07, 6.45) is 15.6. The molecule has 0 bridgehead atoms. The number of allylic oxidation sites excluding steroid dienone is 6. The molecule has 0 aliphatic carbocycles. The lowest BCUT2D eigenvalue weighted by atomic mass is 9.92. The highest BCUT2D eigenvalue weighted by Crippen LogP contribution is 2.19. The highest BCUT2D eigenvalue weighted by molar-refractivity contribution is 6.05. The molecule has 1 aromatic heterocycles. The fraction of sp³-hybridized carbons (Fsp3) is 0.481. The highest BCUT2D eigenvalue weighted by atomic mass is 16.1. The Morgan fingerprint density at radius 2 is 2.11 bits per heavy atom. The molecule has 8 nitrogen and oxygen atoms in total. The highest BCUT2D eigenvalue weighted by Gasteiger charge is 2.24. The topological polar surface area (TPSA) is 87.2 Å². The molecule has 1 atom stereocenters. The lowest BCUT2D eigenvalue weighted by Gasteiger charge is -2.19. The lowest BCUT2D eigenvalue weighted by molar-refractivity contribution is -0.737. The van der Waals surface area contributed by atoms with Crippen molar-refractivity contribution in [2.24, 2.45) is 18.0 Å². The van der Waals surface area contributed by atoms with Crippen LogP contribution in [0.3, 0.4) is 0 Å². The van der Waals surface area contributed by atoms with Crippen LogP contribution in [0.4, 0.5) is 0 Å². The summed E-state index contributed by atoms with van der Waals surface area (Å²) in [5, 5.41) is 16.6. The van der Waals surface area contributed by atoms with Crippen LogP contribution in [0.15, 0.2) is 60.2 Å². The number of hydrogen-bond acceptors (Lipinski definition) is 7. The minimum absolute atomic E-state index is 0.113. The minimum atomic E-state index is -0.113. The number of Topliss-reactive ketones (excluding diaryl/α,β-unsaturated/α-hetero) is 1. The van der Waals surface area contributed by atoms with E-state index in [0.717, 1.165) is 50.2 Å². The molecule has 1 unspecified atom stereocenters. The molecule has 0 fully saturated rings. The van der Waals surface area contributed by atoms with Gasteiger partial charge in [-0.3, -0.25) is 9.79 Å². The predicted octanol–water partition coefficient (Wildman–Crippen LogP) is 3.00. The molecule has 2 rings (SSSR count). The maximum absolute atomic E-state index is 12.4. The van der Waals surface area contributed by atoms with Gasteiger partial charge in [0.15, 0.2) is 0 Å². The van der Waals surface area contributed by atoms with Crippen molar-refractivity contribution >= 4 is 17.2 Å². The van der Waals surface area contributed by atoms with E-state index in [1.165, 1.54) is 0 Å². The van der Waals surface area contributed by atoms with Gasteiger partial charge in [-0.1, -0.05) is 49.3 Å². The van der Waals surface area contributed by atoms with Gasteiger partial charge in [-0.2, -0.15) is 0 Å². The number of unbranched alkanes of at least 4 members (excludes halogenated alkanes) is 2. The number of carbonyl (C=O) groups is 1. The van der Waals surface area contributed by atoms with Crippen molar-refractivity contribution in [2.75, 3.05) is 33.7 Å². The van der Waals surface area contributed by atoms with Crippen LogP contribution in [0.2, 0.25) is 0 Å². The summed E-state index contributed by atoms with van der Waals surface area (Å²) < 4.78 is 1.71. The first-order valence-electron chi connectivity index (χ1n) is 12.3. The smallest absolute Gasteiger partial charge is 0.364 e. The number of ketones is 1. The van der Waals surface area contributed by atoms with E-state index in [1.807, 2.05) is 38.4 Å². The quantitative estimate of drug-likeness (QED) is 0.137. The van der Waals surface area contributed by atoms with Crippen molar-refractivity contribution in [1.82, 2.24) is 25.5 Å². The van der Waals surface area contributed by atoms with Crippen LogP contribution < -0.4 is 10.00 Å². The fourth-order valence-corrected chi connectivity index (χ4v) is 3.73. The summed E-state index contributed by atoms with van der Waals surface area (Å²) in [4.78, 5) is 18.9. The third-order valence-corrected chi connectivity index (χ3v) is 5.89. The van der Waals surface area contributed by atoms with Gasteiger partial charge >= 0.3 is 5.82 Å². The lowest BCUT2D eigenvalue weighted by Crippen LogP contribution is -2.43. The molecule has 2 heterocycles. The number of hydrogen-bond donors (Lipinski definition) is 1. The van der Waals surface area contributed by atoms with Crippen LogP contribution in [0.25, 0.3) is 5.70 Å². The normalized spacial score (nSPS) is 14.8. The molecule has 1 N–H and O–H groups in total. The van der Waals surface area contributed by atoms with Crippen molar-refractivity contribution in [1.29, 1.82) is 0 Å². The second-order valence-corrected chi connectivity index (χ2v) is 8.60. The molecule has 1 aromatic rings. The van der Waals surface area contributed by atoms with E-state index in [2.05, 4.69) is 56.7 Å². The maximum Gasteiger partial charge on any atom is 0.394 e. The first-order valence-corrected chi connectivity index (χ1v) is 12.3. The monoisotopic (exact) mass is 478 g/mol. The molecule has 0 amide bonds. The van der Waals surface area contributed by atoms with E-state index < -0.39 is 0 Å². The van der Waals surface area contributed by atoms with Gasteiger partial charge in [0.1, 0.15) is 24.2 Å². The van der Waals surface area contributed by atoms with Gasteiger partial charge in [-0.25, -0.2) is 0 Å². The Morgan fingerprint density at radius 1 is 1.31 bits per heavy atom. The Labute approximate surface area is 209 Å². The second kappa shape index (κ2) is 14.9. The summed E-state index contributed by atoms with van der Waals surface area (Å²) in [7, 11) is 5.53. The van der Waals surface area contributed by atoms with Crippen LogP contribution in [-0.4, -0.2) is 65.4 Å². The molecule has 0 spiro atoms. The Bertz CT molecular complexity index is 1010. The molecule has 1 aliphatic heterocycles. The van der Waals surface area contributed by atoms with Gasteiger partial charge in [0.05, 0.1) is 5.10 Å². The molecular weight excluding hydrogens is 438 g/mol. The molecule has 0 saturated carbocycles. The van der Waals surface area contributed by atoms with Crippen molar-refractivity contribution in [2.45, 2.75) is 39.0 Å². The molecular formula is C27H40N7O+. The molecule has 35 heavy (non-hydrogen) atoms. The van der Waals surface area contributed by atoms with Crippen molar-refractivity contribution in [3.8, 4) is 0 Å². The molecule has 188 valence electrons. The number of rotatable bonds is 15. The van der Waals surface area contributed by atoms with Gasteiger partial charge in [0, 0.05) is 39.4 Å². The average Bonchev–Trinajstić information content (AvgIpc) is 2.85. The van der Waals surface area contributed by atoms with E-state index in [-0.39, 0.29) is 11.7 Å². The molecule has 0 aromatic carbocycles. The van der Waals surface area contributed by atoms with Crippen molar-refractivity contribution < 1.29 is 9.48 Å². The molecule has 1 aliphatic rings. The third kappa shape index (κ3) is 8.79. The zero-order valence-electron chi connectivity index (χ0n) is 21.7. The Morgan fingerprint density at radius 3 is 2.77 bits per heavy atom. The van der Waals surface area contributed by atoms with Crippen LogP contribution >= 0.6 is 0 Å². The number of aromatic nitrogens is 4. The zero-order valence-corrected chi connectivity index (χ0v) is 21.7. The Hall–Kier alpha value is -3.26. The summed E-state index contributed by atoms with van der Waals surface area (Å²) in [5.41, 5.74) is 2.34. The van der Waals surface area contributed by atoms with Gasteiger partial charge in [0.2, 0.25) is 0 Å². The predicted molar refractivity (Wildman–Crippen MR) is 142 cm³/mol. The summed E-state index contributed by atoms with van der Waals surface area (Å²) in [6, 6.07) is 0. The number of likely N-dealkylation sites (N-methyl/N-ethyl adjacent to an activating group) is 1. The minimum Gasteiger partial charge on any atom is -0.364 e. The van der Waals surface area contributed by atoms with Crippen LogP contribution in [-0.2, 0) is 11.8 Å². The van der Waals surface area contributed by atoms with E-state index in [9.17, 15) is 4.79 Å². The van der Waals surface area contributed by atoms with E-state index in [1.54, 1.807) is 17.8 Å². The Balaban J connectivity index is 1.98. The van der Waals surface area contributed by atoms with E-state index >= 15 is 0 Å². The van der Waals surface area contributed by atoms with Gasteiger partial charge < -0.3 is 10.2 Å². The number of nitrogens with one attached hydrogen (secondary N) is 1. The summed E-state index contributed by atoms with van der Waals surface area (Å²) in [5.74, 6) is 1.22. The SMILES string of the molecule is C=CC(CC(=O)CCCCCNCC)C(=C)C=CC(=NC)c1nnc(C2=CC=CCN2C)[n+](C)n1. The van der Waals surface area contributed by atoms with Gasteiger partial charge in [-0.05, 0) is 48.8 Å². The largest absolute Gasteiger partial charge is 0.394 e. The molecule has 0 radical (unpaired) electrons. The van der Waals surface area contributed by atoms with Gasteiger partial charge in [0.25, 0.3) is 5.82 Å². The standard InChI is InChI=1S/C27H40N7O/c1-7-22(20-23(35)14-10-9-12-18-29-8-2)21(3)16-17-24(28-4)26-30-31-27(34(6)32-26)25-15-11-13-19-33(25)5/h7,11,13,15-17,22,29H,1,3,8-10,12,14,18-20H2,2,4-6H3/q+1. The summed E-state index contributed by atoms with van der Waals surface area (Å²) in [6.45, 7) is 13.0. The summed E-state index contributed by atoms with van der Waals surface area (Å²) >= 11 is 0. The molecule has 0 saturated heterocycles. The van der Waals surface area contributed by atoms with Crippen LogP contribution in [0, 0.1) is 5.92 Å². The van der Waals surface area contributed by atoms with E-state index in [0.29, 0.717) is 30.2 Å². The fourth-order valence-electron chi connectivity index (χ4n) is 3.73. The van der Waals surface area contributed by atoms with Gasteiger partial charge in [-0.15, -0.1) is 11.3 Å². The average molecular weight is 479 g/mol. The zero-order chi connectivity index (χ0) is 25.6. The molecule has 8 heteroatoms. The first kappa shape index (κ1) is 28.0. The third-order valence-electron chi connectivity index (χ3n) is 5.89. The number of aryl methyl sites for hydroxylation is 1.